The molecule has 0 aromatic heterocycles. The lowest BCUT2D eigenvalue weighted by Gasteiger charge is -2.20. The maximum absolute atomic E-state index is 11.5. The Bertz CT molecular complexity index is 163. The molecule has 0 rings (SSSR count). The average molecular weight is 220 g/mol. The molecule has 0 aromatic carbocycles. The van der Waals surface area contributed by atoms with E-state index in [9.17, 15) is 4.57 Å². The predicted molar refractivity (Wildman–Crippen MR) is 48.4 cm³/mol. The van der Waals surface area contributed by atoms with Gasteiger partial charge in [0.25, 0.3) is 0 Å². The van der Waals surface area contributed by atoms with Crippen molar-refractivity contribution in [1.29, 1.82) is 0 Å². The minimum Gasteiger partial charge on any atom is -0.319 e. The second kappa shape index (κ2) is 4.68. The van der Waals surface area contributed by atoms with E-state index in [1.54, 1.807) is 0 Å². The van der Waals surface area contributed by atoms with Crippen molar-refractivity contribution in [3.05, 3.63) is 0 Å². The van der Waals surface area contributed by atoms with Crippen LogP contribution in [0, 0.1) is 0 Å². The summed E-state index contributed by atoms with van der Waals surface area (Å²) < 4.78 is 15.2. The highest BCUT2D eigenvalue weighted by molar-refractivity contribution is 7.61. The molecule has 3 nitrogen and oxygen atoms in total. The molecule has 0 saturated carbocycles. The molecule has 0 bridgehead atoms. The van der Waals surface area contributed by atoms with Crippen molar-refractivity contribution in [3.8, 4) is 0 Å². The van der Waals surface area contributed by atoms with E-state index in [2.05, 4.69) is 5.09 Å². The second-order valence-electron chi connectivity index (χ2n) is 2.34. The summed E-state index contributed by atoms with van der Waals surface area (Å²) in [4.78, 5) is 0. The van der Waals surface area contributed by atoms with Crippen molar-refractivity contribution in [2.24, 2.45) is 0 Å². The monoisotopic (exact) mass is 219 g/mol. The van der Waals surface area contributed by atoms with Crippen molar-refractivity contribution >= 4 is 30.7 Å². The number of nitrogens with one attached hydrogen (secondary N) is 1. The molecule has 11 heavy (non-hydrogen) atoms. The first-order valence-corrected chi connectivity index (χ1v) is 5.70. The van der Waals surface area contributed by atoms with E-state index in [1.165, 1.54) is 7.11 Å². The molecule has 1 N–H and O–H groups in total. The smallest absolute Gasteiger partial charge is 0.302 e. The number of hydrogen-bond donors (Lipinski definition) is 1. The maximum Gasteiger partial charge on any atom is 0.302 e. The van der Waals surface area contributed by atoms with Crippen molar-refractivity contribution in [3.63, 3.8) is 0 Å². The number of halogens is 2. The SMILES string of the molecule is COP(=O)(NC(C)C)C(Cl)Cl. The van der Waals surface area contributed by atoms with Gasteiger partial charge in [-0.3, -0.25) is 4.57 Å². The lowest BCUT2D eigenvalue weighted by atomic mass is 10.4. The Morgan fingerprint density at radius 2 is 1.91 bits per heavy atom. The minimum absolute atomic E-state index is 0.0285. The predicted octanol–water partition coefficient (Wildman–Crippen LogP) is 2.59. The number of hydrogen-bond acceptors (Lipinski definition) is 2. The van der Waals surface area contributed by atoms with E-state index in [4.69, 9.17) is 27.7 Å². The summed E-state index contributed by atoms with van der Waals surface area (Å²) in [6.07, 6.45) is 0. The van der Waals surface area contributed by atoms with Crippen LogP contribution in [0.3, 0.4) is 0 Å². The standard InChI is InChI=1S/C5H12Cl2NO2P/c1-4(2)8-11(9,10-3)5(6)7/h4-5H,1-3H3,(H,8,9). The minimum atomic E-state index is -3.05. The zero-order chi connectivity index (χ0) is 9.07. The zero-order valence-corrected chi connectivity index (χ0v) is 9.08. The molecule has 0 saturated heterocycles. The molecule has 1 atom stereocenters. The van der Waals surface area contributed by atoms with Gasteiger partial charge in [-0.1, -0.05) is 23.2 Å². The highest BCUT2D eigenvalue weighted by Crippen LogP contribution is 2.51. The van der Waals surface area contributed by atoms with Gasteiger partial charge in [0.2, 0.25) is 0 Å². The van der Waals surface area contributed by atoms with Crippen LogP contribution in [0.5, 0.6) is 0 Å². The summed E-state index contributed by atoms with van der Waals surface area (Å²) in [6.45, 7) is 3.67. The summed E-state index contributed by atoms with van der Waals surface area (Å²) in [7, 11) is -1.73. The van der Waals surface area contributed by atoms with Crippen molar-refractivity contribution in [1.82, 2.24) is 5.09 Å². The molecule has 0 aliphatic carbocycles. The maximum atomic E-state index is 11.5. The summed E-state index contributed by atoms with van der Waals surface area (Å²) in [5.74, 6) is 0. The van der Waals surface area contributed by atoms with Crippen LogP contribution in [0.2, 0.25) is 0 Å². The molecule has 0 aliphatic rings. The first-order chi connectivity index (χ1) is 4.92. The zero-order valence-electron chi connectivity index (χ0n) is 6.67. The van der Waals surface area contributed by atoms with Crippen LogP contribution in [0.25, 0.3) is 0 Å². The molecule has 0 aromatic rings. The van der Waals surface area contributed by atoms with Crippen molar-refractivity contribution in [2.75, 3.05) is 7.11 Å². The van der Waals surface area contributed by atoms with Crippen LogP contribution in [-0.4, -0.2) is 17.7 Å². The third-order valence-corrected chi connectivity index (χ3v) is 4.44. The van der Waals surface area contributed by atoms with Gasteiger partial charge in [-0.25, -0.2) is 5.09 Å². The molecule has 0 radical (unpaired) electrons. The van der Waals surface area contributed by atoms with Crippen LogP contribution in [0.4, 0.5) is 0 Å². The summed E-state index contributed by atoms with van der Waals surface area (Å²) in [6, 6.07) is 0.0285. The van der Waals surface area contributed by atoms with E-state index >= 15 is 0 Å². The first kappa shape index (κ1) is 11.7. The first-order valence-electron chi connectivity index (χ1n) is 3.14. The average Bonchev–Trinajstić information content (AvgIpc) is 1.86. The van der Waals surface area contributed by atoms with Gasteiger partial charge in [0.05, 0.1) is 0 Å². The summed E-state index contributed by atoms with van der Waals surface area (Å²) in [5.41, 5.74) is 0. The topological polar surface area (TPSA) is 38.3 Å². The molecule has 0 spiro atoms. The van der Waals surface area contributed by atoms with E-state index in [0.29, 0.717) is 0 Å². The van der Waals surface area contributed by atoms with Gasteiger partial charge < -0.3 is 4.52 Å². The molecule has 6 heteroatoms. The highest BCUT2D eigenvalue weighted by Gasteiger charge is 2.30. The van der Waals surface area contributed by atoms with Crippen LogP contribution < -0.4 is 5.09 Å². The fraction of sp³-hybridized carbons (Fsp3) is 1.00. The van der Waals surface area contributed by atoms with Gasteiger partial charge in [0.15, 0.2) is 4.58 Å². The van der Waals surface area contributed by atoms with E-state index in [-0.39, 0.29) is 6.04 Å². The Labute approximate surface area is 76.9 Å². The van der Waals surface area contributed by atoms with Crippen LogP contribution in [0.15, 0.2) is 0 Å². The van der Waals surface area contributed by atoms with E-state index in [1.807, 2.05) is 13.8 Å². The molecule has 1 unspecified atom stereocenters. The Kier molecular flexibility index (Phi) is 4.99. The van der Waals surface area contributed by atoms with Crippen molar-refractivity contribution < 1.29 is 9.09 Å². The number of rotatable bonds is 4. The molecule has 0 amide bonds. The Balaban J connectivity index is 4.24. The molecular weight excluding hydrogens is 208 g/mol. The fourth-order valence-corrected chi connectivity index (χ4v) is 2.46. The fourth-order valence-electron chi connectivity index (χ4n) is 0.549. The lowest BCUT2D eigenvalue weighted by molar-refractivity contribution is 0.379. The summed E-state index contributed by atoms with van der Waals surface area (Å²) in [5, 5.41) is 2.67. The van der Waals surface area contributed by atoms with E-state index < -0.39 is 12.1 Å². The van der Waals surface area contributed by atoms with Gasteiger partial charge in [0, 0.05) is 13.2 Å². The van der Waals surface area contributed by atoms with Gasteiger partial charge >= 0.3 is 7.52 Å². The highest BCUT2D eigenvalue weighted by atomic mass is 35.5. The third kappa shape index (κ3) is 3.77. The van der Waals surface area contributed by atoms with Crippen LogP contribution >= 0.6 is 30.7 Å². The van der Waals surface area contributed by atoms with Crippen LogP contribution in [0.1, 0.15) is 13.8 Å². The van der Waals surface area contributed by atoms with Gasteiger partial charge in [-0.2, -0.15) is 0 Å². The lowest BCUT2D eigenvalue weighted by Crippen LogP contribution is -2.22. The van der Waals surface area contributed by atoms with Crippen LogP contribution in [-0.2, 0) is 9.09 Å². The molecule has 0 heterocycles. The molecule has 68 valence electrons. The Morgan fingerprint density at radius 1 is 1.45 bits per heavy atom. The van der Waals surface area contributed by atoms with Gasteiger partial charge in [-0.15, -0.1) is 0 Å². The largest absolute Gasteiger partial charge is 0.319 e. The van der Waals surface area contributed by atoms with Gasteiger partial charge in [-0.05, 0) is 13.8 Å². The summed E-state index contributed by atoms with van der Waals surface area (Å²) >= 11 is 10.9. The molecular formula is C5H12Cl2NO2P. The normalized spacial score (nSPS) is 17.4. The molecule has 0 aliphatic heterocycles. The molecule has 0 fully saturated rings. The quantitative estimate of drug-likeness (QED) is 0.584. The second-order valence-corrected chi connectivity index (χ2v) is 6.38. The number of alkyl halides is 2. The van der Waals surface area contributed by atoms with Gasteiger partial charge in [0.1, 0.15) is 0 Å². The Hall–Kier alpha value is 0.730. The van der Waals surface area contributed by atoms with E-state index in [0.717, 1.165) is 0 Å². The third-order valence-electron chi connectivity index (χ3n) is 0.966. The Morgan fingerprint density at radius 3 is 2.00 bits per heavy atom. The van der Waals surface area contributed by atoms with Crippen molar-refractivity contribution in [2.45, 2.75) is 24.5 Å².